The van der Waals surface area contributed by atoms with Gasteiger partial charge in [0.15, 0.2) is 0 Å². The van der Waals surface area contributed by atoms with Crippen LogP contribution in [0.1, 0.15) is 24.8 Å². The van der Waals surface area contributed by atoms with Gasteiger partial charge in [0.2, 0.25) is 0 Å². The van der Waals surface area contributed by atoms with Crippen molar-refractivity contribution in [3.05, 3.63) is 29.8 Å². The summed E-state index contributed by atoms with van der Waals surface area (Å²) in [6.07, 6.45) is 3.01. The molecule has 1 aliphatic carbocycles. The molecule has 2 rings (SSSR count). The quantitative estimate of drug-likeness (QED) is 0.867. The van der Waals surface area contributed by atoms with Gasteiger partial charge in [0.25, 0.3) is 0 Å². The number of benzene rings is 1. The summed E-state index contributed by atoms with van der Waals surface area (Å²) in [5.74, 6) is 0.892. The molecular weight excluding hydrogens is 214 g/mol. The first-order chi connectivity index (χ1) is 8.20. The van der Waals surface area contributed by atoms with Gasteiger partial charge in [-0.2, -0.15) is 0 Å². The first-order valence-electron chi connectivity index (χ1n) is 6.22. The summed E-state index contributed by atoms with van der Waals surface area (Å²) < 4.78 is 5.22. The number of ether oxygens (including phenoxy) is 1. The summed E-state index contributed by atoms with van der Waals surface area (Å²) in [5.41, 5.74) is 1.23. The fourth-order valence-electron chi connectivity index (χ4n) is 2.61. The summed E-state index contributed by atoms with van der Waals surface area (Å²) >= 11 is 0. The predicted molar refractivity (Wildman–Crippen MR) is 68.1 cm³/mol. The van der Waals surface area contributed by atoms with Crippen LogP contribution in [0.4, 0.5) is 0 Å². The van der Waals surface area contributed by atoms with E-state index in [0.717, 1.165) is 31.6 Å². The molecule has 0 heterocycles. The minimum atomic E-state index is -0.161. The maximum Gasteiger partial charge on any atom is 0.119 e. The third-order valence-electron chi connectivity index (χ3n) is 3.58. The van der Waals surface area contributed by atoms with E-state index in [0.29, 0.717) is 6.04 Å². The van der Waals surface area contributed by atoms with Crippen LogP contribution in [0.3, 0.4) is 0 Å². The Hall–Kier alpha value is -1.06. The van der Waals surface area contributed by atoms with Gasteiger partial charge < -0.3 is 9.84 Å². The number of rotatable bonds is 4. The third-order valence-corrected chi connectivity index (χ3v) is 3.58. The van der Waals surface area contributed by atoms with Crippen molar-refractivity contribution in [2.75, 3.05) is 14.2 Å². The van der Waals surface area contributed by atoms with Crippen LogP contribution in [0.25, 0.3) is 0 Å². The molecule has 94 valence electrons. The van der Waals surface area contributed by atoms with Crippen molar-refractivity contribution in [1.29, 1.82) is 0 Å². The van der Waals surface area contributed by atoms with Gasteiger partial charge in [-0.15, -0.1) is 0 Å². The molecule has 0 spiro atoms. The Bertz CT molecular complexity index is 367. The lowest BCUT2D eigenvalue weighted by Gasteiger charge is -2.27. The van der Waals surface area contributed by atoms with E-state index < -0.39 is 0 Å². The summed E-state index contributed by atoms with van der Waals surface area (Å²) in [6, 6.07) is 8.42. The van der Waals surface area contributed by atoms with Gasteiger partial charge in [-0.05, 0) is 44.0 Å². The van der Waals surface area contributed by atoms with E-state index >= 15 is 0 Å². The molecule has 0 bridgehead atoms. The number of hydrogen-bond acceptors (Lipinski definition) is 3. The minimum Gasteiger partial charge on any atom is -0.497 e. The Morgan fingerprint density at radius 3 is 2.88 bits per heavy atom. The van der Waals surface area contributed by atoms with Crippen molar-refractivity contribution >= 4 is 0 Å². The Morgan fingerprint density at radius 1 is 1.41 bits per heavy atom. The zero-order valence-electron chi connectivity index (χ0n) is 10.6. The second-order valence-corrected chi connectivity index (χ2v) is 4.83. The molecule has 1 saturated carbocycles. The maximum absolute atomic E-state index is 9.87. The normalized spacial score (nSPS) is 24.2. The summed E-state index contributed by atoms with van der Waals surface area (Å²) in [6.45, 7) is 0.860. The lowest BCUT2D eigenvalue weighted by atomic mass is 10.1. The molecule has 3 heteroatoms. The smallest absolute Gasteiger partial charge is 0.119 e. The van der Waals surface area contributed by atoms with Crippen LogP contribution in [0.2, 0.25) is 0 Å². The van der Waals surface area contributed by atoms with E-state index in [1.807, 2.05) is 12.1 Å². The Kier molecular flexibility index (Phi) is 4.02. The highest BCUT2D eigenvalue weighted by atomic mass is 16.5. The van der Waals surface area contributed by atoms with Crippen LogP contribution in [-0.2, 0) is 6.54 Å². The number of aliphatic hydroxyl groups excluding tert-OH is 1. The number of methoxy groups -OCH3 is 1. The monoisotopic (exact) mass is 235 g/mol. The molecule has 1 aromatic rings. The SMILES string of the molecule is COc1cccc(CN(C)[C@@H]2CCC[C@H]2O)c1. The van der Waals surface area contributed by atoms with Crippen LogP contribution in [0.5, 0.6) is 5.75 Å². The molecule has 0 amide bonds. The molecule has 1 aliphatic rings. The summed E-state index contributed by atoms with van der Waals surface area (Å²) in [7, 11) is 3.77. The predicted octanol–water partition coefficient (Wildman–Crippen LogP) is 2.04. The molecule has 0 aromatic heterocycles. The van der Waals surface area contributed by atoms with Crippen molar-refractivity contribution < 1.29 is 9.84 Å². The average Bonchev–Trinajstić information content (AvgIpc) is 2.76. The van der Waals surface area contributed by atoms with E-state index in [9.17, 15) is 5.11 Å². The Balaban J connectivity index is 1.99. The van der Waals surface area contributed by atoms with Gasteiger partial charge in [0.05, 0.1) is 13.2 Å². The fraction of sp³-hybridized carbons (Fsp3) is 0.571. The van der Waals surface area contributed by atoms with Crippen LogP contribution in [-0.4, -0.2) is 36.3 Å². The molecule has 3 nitrogen and oxygen atoms in total. The lowest BCUT2D eigenvalue weighted by Crippen LogP contribution is -2.36. The molecule has 1 N–H and O–H groups in total. The largest absolute Gasteiger partial charge is 0.497 e. The lowest BCUT2D eigenvalue weighted by molar-refractivity contribution is 0.0825. The van der Waals surface area contributed by atoms with Crippen molar-refractivity contribution in [2.24, 2.45) is 0 Å². The van der Waals surface area contributed by atoms with Crippen molar-refractivity contribution in [3.8, 4) is 5.75 Å². The molecule has 0 saturated heterocycles. The van der Waals surface area contributed by atoms with Crippen LogP contribution in [0, 0.1) is 0 Å². The highest BCUT2D eigenvalue weighted by molar-refractivity contribution is 5.28. The third kappa shape index (κ3) is 2.99. The standard InChI is InChI=1S/C14H21NO2/c1-15(13-7-4-8-14(13)16)10-11-5-3-6-12(9-11)17-2/h3,5-6,9,13-14,16H,4,7-8,10H2,1-2H3/t13-,14-/m1/s1. The summed E-state index contributed by atoms with van der Waals surface area (Å²) in [5, 5.41) is 9.87. The zero-order valence-corrected chi connectivity index (χ0v) is 10.6. The van der Waals surface area contributed by atoms with E-state index in [4.69, 9.17) is 4.74 Å². The van der Waals surface area contributed by atoms with Crippen molar-refractivity contribution in [3.63, 3.8) is 0 Å². The second kappa shape index (κ2) is 5.52. The number of aliphatic hydroxyl groups is 1. The minimum absolute atomic E-state index is 0.161. The van der Waals surface area contributed by atoms with Gasteiger partial charge in [-0.1, -0.05) is 12.1 Å². The fourth-order valence-corrected chi connectivity index (χ4v) is 2.61. The van der Waals surface area contributed by atoms with Gasteiger partial charge in [-0.3, -0.25) is 4.90 Å². The Morgan fingerprint density at radius 2 is 2.24 bits per heavy atom. The highest BCUT2D eigenvalue weighted by Crippen LogP contribution is 2.25. The van der Waals surface area contributed by atoms with E-state index in [1.165, 1.54) is 5.56 Å². The number of likely N-dealkylation sites (N-methyl/N-ethyl adjacent to an activating group) is 1. The number of nitrogens with zero attached hydrogens (tertiary/aromatic N) is 1. The molecule has 0 unspecified atom stereocenters. The van der Waals surface area contributed by atoms with E-state index in [-0.39, 0.29) is 6.10 Å². The highest BCUT2D eigenvalue weighted by Gasteiger charge is 2.28. The molecule has 0 aliphatic heterocycles. The maximum atomic E-state index is 9.87. The van der Waals surface area contributed by atoms with Gasteiger partial charge in [0.1, 0.15) is 5.75 Å². The van der Waals surface area contributed by atoms with Gasteiger partial charge in [0, 0.05) is 12.6 Å². The van der Waals surface area contributed by atoms with Crippen molar-refractivity contribution in [1.82, 2.24) is 4.90 Å². The molecular formula is C14H21NO2. The second-order valence-electron chi connectivity index (χ2n) is 4.83. The molecule has 1 fully saturated rings. The zero-order chi connectivity index (χ0) is 12.3. The van der Waals surface area contributed by atoms with Crippen molar-refractivity contribution in [2.45, 2.75) is 38.0 Å². The molecule has 2 atom stereocenters. The summed E-state index contributed by atoms with van der Waals surface area (Å²) in [4.78, 5) is 2.24. The van der Waals surface area contributed by atoms with Crippen LogP contribution in [0.15, 0.2) is 24.3 Å². The van der Waals surface area contributed by atoms with E-state index in [1.54, 1.807) is 7.11 Å². The average molecular weight is 235 g/mol. The van der Waals surface area contributed by atoms with E-state index in [2.05, 4.69) is 24.1 Å². The van der Waals surface area contributed by atoms with Gasteiger partial charge >= 0.3 is 0 Å². The van der Waals surface area contributed by atoms with Crippen LogP contribution < -0.4 is 4.74 Å². The first-order valence-corrected chi connectivity index (χ1v) is 6.22. The molecule has 0 radical (unpaired) electrons. The first kappa shape index (κ1) is 12.4. The number of hydrogen-bond donors (Lipinski definition) is 1. The topological polar surface area (TPSA) is 32.7 Å². The molecule has 17 heavy (non-hydrogen) atoms. The van der Waals surface area contributed by atoms with Crippen LogP contribution >= 0.6 is 0 Å². The Labute approximate surface area is 103 Å². The van der Waals surface area contributed by atoms with Gasteiger partial charge in [-0.25, -0.2) is 0 Å². The molecule has 1 aromatic carbocycles.